The first kappa shape index (κ1) is 13.9. The van der Waals surface area contributed by atoms with Crippen molar-refractivity contribution in [1.82, 2.24) is 14.7 Å². The summed E-state index contributed by atoms with van der Waals surface area (Å²) in [5.74, 6) is 0.603. The highest BCUT2D eigenvalue weighted by Gasteiger charge is 2.16. The molecule has 0 atom stereocenters. The van der Waals surface area contributed by atoms with Gasteiger partial charge in [-0.3, -0.25) is 9.58 Å². The Labute approximate surface area is 126 Å². The van der Waals surface area contributed by atoms with Crippen LogP contribution >= 0.6 is 0 Å². The van der Waals surface area contributed by atoms with Gasteiger partial charge in [0.15, 0.2) is 0 Å². The van der Waals surface area contributed by atoms with Gasteiger partial charge in [0.05, 0.1) is 0 Å². The second-order valence-corrected chi connectivity index (χ2v) is 5.52. The average Bonchev–Trinajstić information content (AvgIpc) is 2.94. The first-order chi connectivity index (χ1) is 10.3. The third kappa shape index (κ3) is 3.76. The van der Waals surface area contributed by atoms with Crippen molar-refractivity contribution in [3.8, 4) is 0 Å². The average molecular weight is 285 g/mol. The van der Waals surface area contributed by atoms with Crippen molar-refractivity contribution in [2.24, 2.45) is 0 Å². The molecule has 112 valence electrons. The SMILES string of the molecule is Nc1ccn(CCCN2CCN(c3ccccc3)CC2)n1. The van der Waals surface area contributed by atoms with Gasteiger partial charge in [-0.05, 0) is 24.6 Å². The fourth-order valence-electron chi connectivity index (χ4n) is 2.83. The number of nitrogen functional groups attached to an aromatic ring is 1. The van der Waals surface area contributed by atoms with Crippen molar-refractivity contribution in [3.05, 3.63) is 42.6 Å². The molecule has 2 aromatic rings. The van der Waals surface area contributed by atoms with E-state index >= 15 is 0 Å². The van der Waals surface area contributed by atoms with E-state index in [0.717, 1.165) is 45.7 Å². The summed E-state index contributed by atoms with van der Waals surface area (Å²) in [5.41, 5.74) is 6.95. The molecule has 1 aromatic heterocycles. The largest absolute Gasteiger partial charge is 0.382 e. The molecule has 0 radical (unpaired) electrons. The number of nitrogens with two attached hydrogens (primary N) is 1. The van der Waals surface area contributed by atoms with Crippen LogP contribution in [-0.2, 0) is 6.54 Å². The number of rotatable bonds is 5. The number of anilines is 2. The Bertz CT molecular complexity index is 543. The van der Waals surface area contributed by atoms with Gasteiger partial charge < -0.3 is 10.6 Å². The highest BCUT2D eigenvalue weighted by molar-refractivity contribution is 5.46. The van der Waals surface area contributed by atoms with Crippen molar-refractivity contribution in [2.45, 2.75) is 13.0 Å². The molecule has 21 heavy (non-hydrogen) atoms. The van der Waals surface area contributed by atoms with Gasteiger partial charge in [0, 0.05) is 51.2 Å². The van der Waals surface area contributed by atoms with Crippen LogP contribution in [0.5, 0.6) is 0 Å². The molecule has 1 aromatic carbocycles. The maximum absolute atomic E-state index is 5.62. The van der Waals surface area contributed by atoms with Crippen LogP contribution in [0.3, 0.4) is 0 Å². The van der Waals surface area contributed by atoms with E-state index in [9.17, 15) is 0 Å². The van der Waals surface area contributed by atoms with E-state index in [-0.39, 0.29) is 0 Å². The van der Waals surface area contributed by atoms with Gasteiger partial charge in [-0.25, -0.2) is 0 Å². The van der Waals surface area contributed by atoms with E-state index in [4.69, 9.17) is 5.73 Å². The van der Waals surface area contributed by atoms with Gasteiger partial charge in [0.1, 0.15) is 5.82 Å². The van der Waals surface area contributed by atoms with Gasteiger partial charge in [0.25, 0.3) is 0 Å². The first-order valence-corrected chi connectivity index (χ1v) is 7.62. The van der Waals surface area contributed by atoms with Crippen LogP contribution in [0.2, 0.25) is 0 Å². The standard InChI is InChI=1S/C16H23N5/c17-16-7-10-21(18-16)9-4-8-19-11-13-20(14-12-19)15-5-2-1-3-6-15/h1-3,5-7,10H,4,8-9,11-14H2,(H2,17,18). The zero-order chi connectivity index (χ0) is 14.5. The molecule has 0 bridgehead atoms. The molecule has 0 saturated carbocycles. The van der Waals surface area contributed by atoms with E-state index in [2.05, 4.69) is 45.2 Å². The van der Waals surface area contributed by atoms with Crippen molar-refractivity contribution in [3.63, 3.8) is 0 Å². The molecule has 5 heteroatoms. The van der Waals surface area contributed by atoms with Crippen LogP contribution < -0.4 is 10.6 Å². The van der Waals surface area contributed by atoms with Crippen LogP contribution in [0, 0.1) is 0 Å². The summed E-state index contributed by atoms with van der Waals surface area (Å²) >= 11 is 0. The van der Waals surface area contributed by atoms with Crippen molar-refractivity contribution < 1.29 is 0 Å². The number of aromatic nitrogens is 2. The number of benzene rings is 1. The highest BCUT2D eigenvalue weighted by Crippen LogP contribution is 2.15. The number of para-hydroxylation sites is 1. The molecular formula is C16H23N5. The lowest BCUT2D eigenvalue weighted by Gasteiger charge is -2.36. The smallest absolute Gasteiger partial charge is 0.145 e. The molecule has 2 heterocycles. The predicted molar refractivity (Wildman–Crippen MR) is 86.4 cm³/mol. The Kier molecular flexibility index (Phi) is 4.40. The second-order valence-electron chi connectivity index (χ2n) is 5.52. The lowest BCUT2D eigenvalue weighted by molar-refractivity contribution is 0.249. The molecule has 0 aliphatic carbocycles. The molecule has 3 rings (SSSR count). The number of hydrogen-bond donors (Lipinski definition) is 1. The van der Waals surface area contributed by atoms with E-state index in [1.165, 1.54) is 5.69 Å². The van der Waals surface area contributed by atoms with Crippen LogP contribution in [-0.4, -0.2) is 47.4 Å². The van der Waals surface area contributed by atoms with Crippen LogP contribution in [0.25, 0.3) is 0 Å². The Hall–Kier alpha value is -2.01. The first-order valence-electron chi connectivity index (χ1n) is 7.62. The molecule has 0 unspecified atom stereocenters. The lowest BCUT2D eigenvalue weighted by atomic mass is 10.2. The van der Waals surface area contributed by atoms with E-state index in [0.29, 0.717) is 5.82 Å². The lowest BCUT2D eigenvalue weighted by Crippen LogP contribution is -2.46. The number of piperazine rings is 1. The number of nitrogens with zero attached hydrogens (tertiary/aromatic N) is 4. The molecular weight excluding hydrogens is 262 g/mol. The predicted octanol–water partition coefficient (Wildman–Crippen LogP) is 1.68. The van der Waals surface area contributed by atoms with Crippen molar-refractivity contribution >= 4 is 11.5 Å². The summed E-state index contributed by atoms with van der Waals surface area (Å²) in [6.07, 6.45) is 3.06. The summed E-state index contributed by atoms with van der Waals surface area (Å²) in [5, 5.41) is 4.21. The third-order valence-corrected chi connectivity index (χ3v) is 4.02. The third-order valence-electron chi connectivity index (χ3n) is 4.02. The van der Waals surface area contributed by atoms with Crippen LogP contribution in [0.4, 0.5) is 11.5 Å². The quantitative estimate of drug-likeness (QED) is 0.908. The maximum Gasteiger partial charge on any atom is 0.145 e. The summed E-state index contributed by atoms with van der Waals surface area (Å²) in [6, 6.07) is 12.5. The summed E-state index contributed by atoms with van der Waals surface area (Å²) < 4.78 is 1.93. The Morgan fingerprint density at radius 3 is 2.38 bits per heavy atom. The molecule has 2 N–H and O–H groups in total. The van der Waals surface area contributed by atoms with Gasteiger partial charge >= 0.3 is 0 Å². The second kappa shape index (κ2) is 6.63. The van der Waals surface area contributed by atoms with E-state index < -0.39 is 0 Å². The minimum Gasteiger partial charge on any atom is -0.382 e. The van der Waals surface area contributed by atoms with Crippen LogP contribution in [0.1, 0.15) is 6.42 Å². The normalized spacial score (nSPS) is 16.3. The fourth-order valence-corrected chi connectivity index (χ4v) is 2.83. The maximum atomic E-state index is 5.62. The molecule has 1 aliphatic rings. The minimum atomic E-state index is 0.603. The summed E-state index contributed by atoms with van der Waals surface area (Å²) in [6.45, 7) is 6.56. The zero-order valence-electron chi connectivity index (χ0n) is 12.4. The molecule has 0 amide bonds. The fraction of sp³-hybridized carbons (Fsp3) is 0.438. The van der Waals surface area contributed by atoms with Gasteiger partial charge in [0.2, 0.25) is 0 Å². The molecule has 1 aliphatic heterocycles. The highest BCUT2D eigenvalue weighted by atomic mass is 15.3. The Morgan fingerprint density at radius 1 is 0.952 bits per heavy atom. The minimum absolute atomic E-state index is 0.603. The molecule has 5 nitrogen and oxygen atoms in total. The summed E-state index contributed by atoms with van der Waals surface area (Å²) in [4.78, 5) is 5.00. The van der Waals surface area contributed by atoms with E-state index in [1.807, 2.05) is 16.9 Å². The molecule has 1 saturated heterocycles. The van der Waals surface area contributed by atoms with Gasteiger partial charge in [-0.2, -0.15) is 5.10 Å². The topological polar surface area (TPSA) is 50.3 Å². The molecule has 1 fully saturated rings. The Morgan fingerprint density at radius 2 is 1.71 bits per heavy atom. The number of hydrogen-bond acceptors (Lipinski definition) is 4. The van der Waals surface area contributed by atoms with Gasteiger partial charge in [-0.1, -0.05) is 18.2 Å². The van der Waals surface area contributed by atoms with Crippen molar-refractivity contribution in [2.75, 3.05) is 43.4 Å². The van der Waals surface area contributed by atoms with Crippen LogP contribution in [0.15, 0.2) is 42.6 Å². The summed E-state index contributed by atoms with van der Waals surface area (Å²) in [7, 11) is 0. The van der Waals surface area contributed by atoms with Gasteiger partial charge in [-0.15, -0.1) is 0 Å². The van der Waals surface area contributed by atoms with Crippen molar-refractivity contribution in [1.29, 1.82) is 0 Å². The Balaban J connectivity index is 1.40. The zero-order valence-corrected chi connectivity index (χ0v) is 12.4. The molecule has 0 spiro atoms. The monoisotopic (exact) mass is 285 g/mol. The van der Waals surface area contributed by atoms with E-state index in [1.54, 1.807) is 0 Å². The number of aryl methyl sites for hydroxylation is 1.